The molecule has 0 spiro atoms. The number of rotatable bonds is 8. The van der Waals surface area contributed by atoms with Crippen LogP contribution in [0.5, 0.6) is 0 Å². The number of hydrogen-bond donors (Lipinski definition) is 3. The summed E-state index contributed by atoms with van der Waals surface area (Å²) in [5.74, 6) is 0.931. The summed E-state index contributed by atoms with van der Waals surface area (Å²) in [6, 6.07) is 12.9. The molecule has 4 nitrogen and oxygen atoms in total. The van der Waals surface area contributed by atoms with Crippen molar-refractivity contribution in [2.75, 3.05) is 19.7 Å². The van der Waals surface area contributed by atoms with Gasteiger partial charge in [0.2, 0.25) is 0 Å². The van der Waals surface area contributed by atoms with Crippen LogP contribution < -0.4 is 5.32 Å². The zero-order valence-electron chi connectivity index (χ0n) is 24.2. The van der Waals surface area contributed by atoms with E-state index in [0.717, 1.165) is 51.6 Å². The molecule has 0 aliphatic heterocycles. The van der Waals surface area contributed by atoms with Gasteiger partial charge in [-0.15, -0.1) is 0 Å². The topological polar surface area (TPSA) is 65.6 Å². The molecule has 0 radical (unpaired) electrons. The fourth-order valence-electron chi connectivity index (χ4n) is 9.48. The standard InChI is InChI=1S/C34H49NO3/c1-31(2)29(21-36)33(4,18-14-30(31)37)28-13-17-32(3)26(25-16-20-38-22-25)11-12-27(32)34(28,5)23-35-19-15-24-9-7-6-8-10-24/h6-10,12,16,20,22,26,28-30,35-37H,11,13-15,17-19,21,23H2,1-5H3/t26-,28?,29-,30+,32-,33+,34?/m0/s1. The number of aliphatic hydroxyl groups excluding tert-OH is 2. The van der Waals surface area contributed by atoms with Gasteiger partial charge in [-0.2, -0.15) is 0 Å². The highest BCUT2D eigenvalue weighted by Crippen LogP contribution is 2.69. The van der Waals surface area contributed by atoms with Gasteiger partial charge in [0.05, 0.1) is 18.6 Å². The summed E-state index contributed by atoms with van der Waals surface area (Å²) in [4.78, 5) is 0. The molecule has 2 aromatic rings. The predicted octanol–water partition coefficient (Wildman–Crippen LogP) is 6.74. The van der Waals surface area contributed by atoms with Crippen molar-refractivity contribution >= 4 is 0 Å². The van der Waals surface area contributed by atoms with Gasteiger partial charge in [0, 0.05) is 18.6 Å². The van der Waals surface area contributed by atoms with Crippen molar-refractivity contribution in [2.45, 2.75) is 85.2 Å². The molecule has 208 valence electrons. The fraction of sp³-hybridized carbons (Fsp3) is 0.647. The first-order valence-electron chi connectivity index (χ1n) is 14.8. The maximum atomic E-state index is 11.0. The van der Waals surface area contributed by atoms with Gasteiger partial charge < -0.3 is 19.9 Å². The summed E-state index contributed by atoms with van der Waals surface area (Å²) >= 11 is 0. The van der Waals surface area contributed by atoms with Crippen LogP contribution in [0.4, 0.5) is 0 Å². The largest absolute Gasteiger partial charge is 0.472 e. The Labute approximate surface area is 229 Å². The van der Waals surface area contributed by atoms with Gasteiger partial charge in [-0.05, 0) is 96.3 Å². The van der Waals surface area contributed by atoms with Crippen molar-refractivity contribution in [2.24, 2.45) is 33.5 Å². The Bertz CT molecular complexity index is 1110. The van der Waals surface area contributed by atoms with Gasteiger partial charge >= 0.3 is 0 Å². The first kappa shape index (κ1) is 27.7. The molecule has 1 heterocycles. The van der Waals surface area contributed by atoms with E-state index in [1.54, 1.807) is 5.57 Å². The molecule has 0 amide bonds. The number of fused-ring (bicyclic) bond motifs is 1. The van der Waals surface area contributed by atoms with Crippen LogP contribution in [0.1, 0.15) is 83.8 Å². The number of nitrogens with one attached hydrogen (secondary N) is 1. The molecule has 2 unspecified atom stereocenters. The Hall–Kier alpha value is -1.88. The average Bonchev–Trinajstić information content (AvgIpc) is 3.53. The lowest BCUT2D eigenvalue weighted by molar-refractivity contribution is -0.157. The Morgan fingerprint density at radius 2 is 1.76 bits per heavy atom. The molecule has 4 heteroatoms. The summed E-state index contributed by atoms with van der Waals surface area (Å²) in [6.45, 7) is 13.8. The number of benzene rings is 1. The molecule has 0 saturated heterocycles. The second kappa shape index (κ2) is 10.3. The summed E-state index contributed by atoms with van der Waals surface area (Å²) in [7, 11) is 0. The molecular weight excluding hydrogens is 470 g/mol. The number of furan rings is 1. The van der Waals surface area contributed by atoms with Crippen LogP contribution in [0, 0.1) is 33.5 Å². The van der Waals surface area contributed by atoms with Crippen LogP contribution in [0.15, 0.2) is 65.0 Å². The minimum Gasteiger partial charge on any atom is -0.472 e. The first-order valence-corrected chi connectivity index (χ1v) is 14.8. The lowest BCUT2D eigenvalue weighted by atomic mass is 9.42. The van der Waals surface area contributed by atoms with Crippen LogP contribution in [0.3, 0.4) is 0 Å². The van der Waals surface area contributed by atoms with Crippen LogP contribution in [-0.2, 0) is 6.42 Å². The Morgan fingerprint density at radius 1 is 1.00 bits per heavy atom. The van der Waals surface area contributed by atoms with E-state index in [1.165, 1.54) is 11.1 Å². The summed E-state index contributed by atoms with van der Waals surface area (Å²) in [6.07, 6.45) is 12.1. The molecule has 3 aliphatic rings. The van der Waals surface area contributed by atoms with Crippen LogP contribution in [-0.4, -0.2) is 36.0 Å². The van der Waals surface area contributed by atoms with E-state index >= 15 is 0 Å². The van der Waals surface area contributed by atoms with Crippen molar-refractivity contribution < 1.29 is 14.6 Å². The second-order valence-electron chi connectivity index (χ2n) is 13.9. The van der Waals surface area contributed by atoms with Crippen molar-refractivity contribution in [3.05, 3.63) is 71.7 Å². The monoisotopic (exact) mass is 519 g/mol. The molecule has 5 rings (SSSR count). The average molecular weight is 520 g/mol. The Balaban J connectivity index is 1.47. The van der Waals surface area contributed by atoms with Gasteiger partial charge in [-0.1, -0.05) is 76.6 Å². The molecular formula is C34H49NO3. The van der Waals surface area contributed by atoms with Crippen molar-refractivity contribution in [1.29, 1.82) is 0 Å². The molecule has 1 aromatic heterocycles. The minimum atomic E-state index is -0.368. The van der Waals surface area contributed by atoms with E-state index in [9.17, 15) is 10.2 Å². The molecule has 3 N–H and O–H groups in total. The first-order chi connectivity index (χ1) is 18.1. The number of allylic oxidation sites excluding steroid dienone is 1. The summed E-state index contributed by atoms with van der Waals surface area (Å²) in [5.41, 5.74) is 3.98. The third-order valence-electron chi connectivity index (χ3n) is 11.6. The normalized spacial score (nSPS) is 38.6. The Kier molecular flexibility index (Phi) is 7.47. The highest BCUT2D eigenvalue weighted by atomic mass is 16.3. The van der Waals surface area contributed by atoms with E-state index in [0.29, 0.717) is 11.8 Å². The van der Waals surface area contributed by atoms with Gasteiger partial charge in [0.25, 0.3) is 0 Å². The van der Waals surface area contributed by atoms with Gasteiger partial charge in [-0.3, -0.25) is 0 Å². The van der Waals surface area contributed by atoms with E-state index in [2.05, 4.69) is 82.4 Å². The van der Waals surface area contributed by atoms with E-state index < -0.39 is 0 Å². The quantitative estimate of drug-likeness (QED) is 0.267. The van der Waals surface area contributed by atoms with E-state index in [4.69, 9.17) is 4.42 Å². The van der Waals surface area contributed by atoms with Crippen LogP contribution in [0.25, 0.3) is 0 Å². The SMILES string of the molecule is CC1(CNCCc2ccccc2)C2=CC[C@@H](c3ccoc3)[C@]2(C)CCC1[C@@]1(C)CC[C@@H](O)C(C)(C)[C@@H]1CO. The number of aliphatic hydroxyl groups is 2. The third-order valence-corrected chi connectivity index (χ3v) is 11.6. The molecule has 2 saturated carbocycles. The van der Waals surface area contributed by atoms with Gasteiger partial charge in [-0.25, -0.2) is 0 Å². The lowest BCUT2D eigenvalue weighted by Gasteiger charge is -2.63. The van der Waals surface area contributed by atoms with Crippen molar-refractivity contribution in [3.8, 4) is 0 Å². The molecule has 38 heavy (non-hydrogen) atoms. The van der Waals surface area contributed by atoms with E-state index in [-0.39, 0.29) is 40.3 Å². The molecule has 3 aliphatic carbocycles. The smallest absolute Gasteiger partial charge is 0.0937 e. The molecule has 0 bridgehead atoms. The van der Waals surface area contributed by atoms with Crippen LogP contribution >= 0.6 is 0 Å². The molecule has 1 aromatic carbocycles. The zero-order valence-corrected chi connectivity index (χ0v) is 24.2. The molecule has 7 atom stereocenters. The maximum absolute atomic E-state index is 11.0. The maximum Gasteiger partial charge on any atom is 0.0937 e. The highest BCUT2D eigenvalue weighted by molar-refractivity contribution is 5.39. The second-order valence-corrected chi connectivity index (χ2v) is 13.9. The van der Waals surface area contributed by atoms with Crippen molar-refractivity contribution in [3.63, 3.8) is 0 Å². The lowest BCUT2D eigenvalue weighted by Crippen LogP contribution is -2.60. The van der Waals surface area contributed by atoms with Gasteiger partial charge in [0.1, 0.15) is 0 Å². The Morgan fingerprint density at radius 3 is 2.45 bits per heavy atom. The minimum absolute atomic E-state index is 0.0390. The fourth-order valence-corrected chi connectivity index (χ4v) is 9.48. The summed E-state index contributed by atoms with van der Waals surface area (Å²) < 4.78 is 5.53. The van der Waals surface area contributed by atoms with Crippen LogP contribution in [0.2, 0.25) is 0 Å². The van der Waals surface area contributed by atoms with Gasteiger partial charge in [0.15, 0.2) is 0 Å². The predicted molar refractivity (Wildman–Crippen MR) is 154 cm³/mol. The van der Waals surface area contributed by atoms with Crippen molar-refractivity contribution in [1.82, 2.24) is 5.32 Å². The van der Waals surface area contributed by atoms with E-state index in [1.807, 2.05) is 12.5 Å². The summed E-state index contributed by atoms with van der Waals surface area (Å²) in [5, 5.41) is 25.6. The number of hydrogen-bond acceptors (Lipinski definition) is 4. The molecule has 2 fully saturated rings. The third kappa shape index (κ3) is 4.41. The zero-order chi connectivity index (χ0) is 27.2. The highest BCUT2D eigenvalue weighted by Gasteiger charge is 2.62.